The maximum atomic E-state index is 12.5. The Labute approximate surface area is 102 Å². The molecule has 0 atom stereocenters. The van der Waals surface area contributed by atoms with Gasteiger partial charge in [0.05, 0.1) is 6.54 Å². The summed E-state index contributed by atoms with van der Waals surface area (Å²) in [5.74, 6) is -0.701. The van der Waals surface area contributed by atoms with E-state index in [1.54, 1.807) is 5.32 Å². The number of hydrogen-bond acceptors (Lipinski definition) is 2. The zero-order valence-electron chi connectivity index (χ0n) is 9.11. The zero-order valence-corrected chi connectivity index (χ0v) is 9.11. The first-order valence-corrected chi connectivity index (χ1v) is 4.82. The Bertz CT molecular complexity index is 409. The first-order valence-electron chi connectivity index (χ1n) is 4.82. The molecular formula is C10H8F7NO. The van der Waals surface area contributed by atoms with Gasteiger partial charge in [-0.15, -0.1) is 0 Å². The lowest BCUT2D eigenvalue weighted by atomic mass is 10.0. The summed E-state index contributed by atoms with van der Waals surface area (Å²) in [5.41, 5.74) is -5.07. The van der Waals surface area contributed by atoms with Crippen LogP contribution in [-0.4, -0.2) is 29.6 Å². The van der Waals surface area contributed by atoms with E-state index in [0.29, 0.717) is 0 Å². The van der Waals surface area contributed by atoms with Crippen LogP contribution in [0.4, 0.5) is 36.4 Å². The summed E-state index contributed by atoms with van der Waals surface area (Å²) in [6.07, 6.45) is -11.8. The average molecular weight is 291 g/mol. The molecule has 0 fully saturated rings. The number of anilines is 1. The Kier molecular flexibility index (Phi) is 3.99. The molecule has 0 aliphatic carbocycles. The number of halogens is 7. The molecule has 9 heteroatoms. The molecule has 0 saturated carbocycles. The molecule has 0 bridgehead atoms. The fourth-order valence-electron chi connectivity index (χ4n) is 1.16. The number of aliphatic hydroxyl groups is 1. The van der Waals surface area contributed by atoms with E-state index < -0.39 is 30.3 Å². The van der Waals surface area contributed by atoms with E-state index in [-0.39, 0.29) is 5.69 Å². The fourth-order valence-corrected chi connectivity index (χ4v) is 1.16. The van der Waals surface area contributed by atoms with Gasteiger partial charge >= 0.3 is 12.4 Å². The third kappa shape index (κ3) is 3.28. The molecule has 0 spiro atoms. The Morgan fingerprint density at radius 3 is 1.68 bits per heavy atom. The quantitative estimate of drug-likeness (QED) is 0.839. The zero-order chi connectivity index (χ0) is 14.9. The van der Waals surface area contributed by atoms with Crippen LogP contribution in [0.1, 0.15) is 0 Å². The summed E-state index contributed by atoms with van der Waals surface area (Å²) >= 11 is 0. The molecule has 1 aromatic carbocycles. The van der Waals surface area contributed by atoms with Crippen molar-refractivity contribution in [2.24, 2.45) is 0 Å². The van der Waals surface area contributed by atoms with Gasteiger partial charge in [0.1, 0.15) is 5.82 Å². The lowest BCUT2D eigenvalue weighted by Crippen LogP contribution is -2.61. The highest BCUT2D eigenvalue weighted by Crippen LogP contribution is 2.43. The number of nitrogens with one attached hydrogen (secondary N) is 1. The lowest BCUT2D eigenvalue weighted by Gasteiger charge is -2.32. The van der Waals surface area contributed by atoms with Gasteiger partial charge < -0.3 is 10.4 Å². The van der Waals surface area contributed by atoms with Crippen molar-refractivity contribution in [3.05, 3.63) is 30.1 Å². The molecule has 0 aromatic heterocycles. The normalized spacial score (nSPS) is 13.5. The topological polar surface area (TPSA) is 32.3 Å². The Morgan fingerprint density at radius 1 is 0.895 bits per heavy atom. The monoisotopic (exact) mass is 291 g/mol. The van der Waals surface area contributed by atoms with Gasteiger partial charge in [-0.2, -0.15) is 26.3 Å². The molecular weight excluding hydrogens is 283 g/mol. The molecule has 0 aliphatic heterocycles. The van der Waals surface area contributed by atoms with E-state index in [1.165, 1.54) is 0 Å². The van der Waals surface area contributed by atoms with Crippen LogP contribution in [0, 0.1) is 5.82 Å². The van der Waals surface area contributed by atoms with Crippen molar-refractivity contribution in [1.82, 2.24) is 0 Å². The Hall–Kier alpha value is -1.51. The van der Waals surface area contributed by atoms with E-state index >= 15 is 0 Å². The van der Waals surface area contributed by atoms with Crippen LogP contribution in [0.25, 0.3) is 0 Å². The molecule has 2 N–H and O–H groups in total. The Morgan fingerprint density at radius 2 is 1.32 bits per heavy atom. The molecule has 0 heterocycles. The van der Waals surface area contributed by atoms with E-state index in [9.17, 15) is 30.7 Å². The van der Waals surface area contributed by atoms with Crippen LogP contribution < -0.4 is 5.32 Å². The molecule has 0 amide bonds. The van der Waals surface area contributed by atoms with E-state index in [0.717, 1.165) is 24.3 Å². The van der Waals surface area contributed by atoms with Gasteiger partial charge in [0, 0.05) is 5.69 Å². The highest BCUT2D eigenvalue weighted by atomic mass is 19.4. The predicted molar refractivity (Wildman–Crippen MR) is 51.9 cm³/mol. The van der Waals surface area contributed by atoms with Crippen molar-refractivity contribution >= 4 is 5.69 Å². The van der Waals surface area contributed by atoms with Crippen molar-refractivity contribution in [1.29, 1.82) is 0 Å². The van der Waals surface area contributed by atoms with Crippen LogP contribution in [0.15, 0.2) is 24.3 Å². The van der Waals surface area contributed by atoms with Gasteiger partial charge in [0.25, 0.3) is 5.60 Å². The average Bonchev–Trinajstić information content (AvgIpc) is 2.24. The second-order valence-electron chi connectivity index (χ2n) is 3.72. The molecule has 19 heavy (non-hydrogen) atoms. The van der Waals surface area contributed by atoms with Gasteiger partial charge in [-0.1, -0.05) is 0 Å². The third-order valence-electron chi connectivity index (χ3n) is 2.33. The van der Waals surface area contributed by atoms with E-state index in [1.807, 2.05) is 0 Å². The molecule has 0 radical (unpaired) electrons. The van der Waals surface area contributed by atoms with Crippen molar-refractivity contribution in [3.8, 4) is 0 Å². The SMILES string of the molecule is OC(CNc1ccc(F)cc1)(C(F)(F)F)C(F)(F)F. The summed E-state index contributed by atoms with van der Waals surface area (Å²) < 4.78 is 86.3. The lowest BCUT2D eigenvalue weighted by molar-refractivity contribution is -0.362. The van der Waals surface area contributed by atoms with Crippen molar-refractivity contribution in [3.63, 3.8) is 0 Å². The van der Waals surface area contributed by atoms with Crippen LogP contribution in [0.2, 0.25) is 0 Å². The number of hydrogen-bond donors (Lipinski definition) is 2. The molecule has 2 nitrogen and oxygen atoms in total. The summed E-state index contributed by atoms with van der Waals surface area (Å²) in [7, 11) is 0. The van der Waals surface area contributed by atoms with Crippen LogP contribution >= 0.6 is 0 Å². The van der Waals surface area contributed by atoms with Crippen LogP contribution in [0.3, 0.4) is 0 Å². The molecule has 0 unspecified atom stereocenters. The molecule has 0 saturated heterocycles. The van der Waals surface area contributed by atoms with Crippen molar-refractivity contribution in [2.75, 3.05) is 11.9 Å². The number of benzene rings is 1. The molecule has 1 aromatic rings. The van der Waals surface area contributed by atoms with Crippen molar-refractivity contribution < 1.29 is 35.8 Å². The predicted octanol–water partition coefficient (Wildman–Crippen LogP) is 3.09. The van der Waals surface area contributed by atoms with Gasteiger partial charge in [0.15, 0.2) is 0 Å². The minimum absolute atomic E-state index is 0.187. The first-order chi connectivity index (χ1) is 8.47. The van der Waals surface area contributed by atoms with Crippen LogP contribution in [0.5, 0.6) is 0 Å². The summed E-state index contributed by atoms with van der Waals surface area (Å²) in [6, 6.07) is 3.59. The van der Waals surface area contributed by atoms with E-state index in [4.69, 9.17) is 5.11 Å². The fraction of sp³-hybridized carbons (Fsp3) is 0.400. The van der Waals surface area contributed by atoms with Gasteiger partial charge in [0.2, 0.25) is 0 Å². The molecule has 108 valence electrons. The second kappa shape index (κ2) is 4.87. The first kappa shape index (κ1) is 15.5. The summed E-state index contributed by atoms with van der Waals surface area (Å²) in [6.45, 7) is -1.83. The maximum Gasteiger partial charge on any atom is 0.428 e. The standard InChI is InChI=1S/C10H8F7NO/c11-6-1-3-7(4-2-6)18-5-8(19,9(12,13)14)10(15,16)17/h1-4,18-19H,5H2. The van der Waals surface area contributed by atoms with E-state index in [2.05, 4.69) is 0 Å². The second-order valence-corrected chi connectivity index (χ2v) is 3.72. The third-order valence-corrected chi connectivity index (χ3v) is 2.33. The Balaban J connectivity index is 2.89. The summed E-state index contributed by atoms with van der Waals surface area (Å²) in [5, 5.41) is 10.6. The van der Waals surface area contributed by atoms with Crippen molar-refractivity contribution in [2.45, 2.75) is 18.0 Å². The number of alkyl halides is 6. The van der Waals surface area contributed by atoms with Gasteiger partial charge in [-0.05, 0) is 24.3 Å². The van der Waals surface area contributed by atoms with Gasteiger partial charge in [-0.3, -0.25) is 0 Å². The molecule has 1 rings (SSSR count). The largest absolute Gasteiger partial charge is 0.428 e. The smallest absolute Gasteiger partial charge is 0.381 e. The van der Waals surface area contributed by atoms with Gasteiger partial charge in [-0.25, -0.2) is 4.39 Å². The minimum Gasteiger partial charge on any atom is -0.381 e. The van der Waals surface area contributed by atoms with Crippen LogP contribution in [-0.2, 0) is 0 Å². The minimum atomic E-state index is -5.89. The maximum absolute atomic E-state index is 12.5. The highest BCUT2D eigenvalue weighted by Gasteiger charge is 2.70. The highest BCUT2D eigenvalue weighted by molar-refractivity contribution is 5.43. The number of rotatable bonds is 3. The summed E-state index contributed by atoms with van der Waals surface area (Å²) in [4.78, 5) is 0. The molecule has 0 aliphatic rings.